The van der Waals surface area contributed by atoms with Gasteiger partial charge in [-0.2, -0.15) is 0 Å². The highest BCUT2D eigenvalue weighted by atomic mass is 16.5. The second kappa shape index (κ2) is 9.85. The summed E-state index contributed by atoms with van der Waals surface area (Å²) in [5.41, 5.74) is 1.48. The molecule has 0 aliphatic carbocycles. The number of carbonyl (C=O) groups excluding carboxylic acids is 1. The summed E-state index contributed by atoms with van der Waals surface area (Å²) in [5.74, 6) is 0.675. The standard InChI is InChI=1S/C15H16O4.C10H12O4/c1-8-3-4-10-12(18-7-8)6-13-14(15(10)17)11(16)5-9(2)19-13;1-3-14-10(13)9-6(2)4-7(11)5-8(9)12/h5-6,8,17H,3-4,7H2,1-2H3;4-5,11-12H,3H2,1-2H3. The first-order chi connectivity index (χ1) is 15.6. The van der Waals surface area contributed by atoms with Gasteiger partial charge in [0.15, 0.2) is 5.43 Å². The van der Waals surface area contributed by atoms with E-state index in [-0.39, 0.29) is 40.2 Å². The first kappa shape index (κ1) is 24.0. The second-order valence-corrected chi connectivity index (χ2v) is 8.13. The van der Waals surface area contributed by atoms with Crippen LogP contribution < -0.4 is 10.2 Å². The molecule has 1 aliphatic rings. The summed E-state index contributed by atoms with van der Waals surface area (Å²) >= 11 is 0. The molecular weight excluding hydrogens is 428 g/mol. The first-order valence-corrected chi connectivity index (χ1v) is 10.7. The van der Waals surface area contributed by atoms with Crippen LogP contribution in [0.2, 0.25) is 0 Å². The van der Waals surface area contributed by atoms with E-state index in [0.717, 1.165) is 12.5 Å². The minimum absolute atomic E-state index is 0.00958. The Hall–Kier alpha value is -3.68. The van der Waals surface area contributed by atoms with E-state index in [2.05, 4.69) is 6.92 Å². The zero-order valence-electron chi connectivity index (χ0n) is 19.1. The van der Waals surface area contributed by atoms with E-state index >= 15 is 0 Å². The molecule has 1 aromatic heterocycles. The maximum absolute atomic E-state index is 12.0. The van der Waals surface area contributed by atoms with Crippen LogP contribution in [-0.2, 0) is 11.2 Å². The minimum Gasteiger partial charge on any atom is -0.508 e. The third-order valence-electron chi connectivity index (χ3n) is 5.37. The fourth-order valence-corrected chi connectivity index (χ4v) is 3.74. The fourth-order valence-electron chi connectivity index (χ4n) is 3.74. The van der Waals surface area contributed by atoms with Crippen LogP contribution in [0, 0.1) is 19.8 Å². The molecule has 3 N–H and O–H groups in total. The quantitative estimate of drug-likeness (QED) is 0.486. The Balaban J connectivity index is 0.000000196. The van der Waals surface area contributed by atoms with Gasteiger partial charge in [0, 0.05) is 23.8 Å². The van der Waals surface area contributed by atoms with Crippen LogP contribution in [-0.4, -0.2) is 34.5 Å². The molecular formula is C25H28O8. The number of carbonyl (C=O) groups is 1. The van der Waals surface area contributed by atoms with Crippen molar-refractivity contribution < 1.29 is 34.0 Å². The van der Waals surface area contributed by atoms with Crippen LogP contribution in [0.15, 0.2) is 33.5 Å². The summed E-state index contributed by atoms with van der Waals surface area (Å²) in [4.78, 5) is 23.3. The zero-order chi connectivity index (χ0) is 24.3. The first-order valence-electron chi connectivity index (χ1n) is 10.7. The molecule has 0 bridgehead atoms. The normalized spacial score (nSPS) is 15.0. The van der Waals surface area contributed by atoms with Gasteiger partial charge in [0.05, 0.1) is 13.2 Å². The molecule has 8 heteroatoms. The van der Waals surface area contributed by atoms with Crippen LogP contribution in [0.4, 0.5) is 0 Å². The Labute approximate surface area is 191 Å². The Morgan fingerprint density at radius 1 is 1.15 bits per heavy atom. The largest absolute Gasteiger partial charge is 0.508 e. The van der Waals surface area contributed by atoms with Crippen molar-refractivity contribution in [2.24, 2.45) is 5.92 Å². The fraction of sp³-hybridized carbons (Fsp3) is 0.360. The van der Waals surface area contributed by atoms with Gasteiger partial charge in [-0.25, -0.2) is 4.79 Å². The van der Waals surface area contributed by atoms with Crippen molar-refractivity contribution >= 4 is 16.9 Å². The van der Waals surface area contributed by atoms with Crippen molar-refractivity contribution in [3.8, 4) is 23.0 Å². The average Bonchev–Trinajstić information content (AvgIpc) is 2.89. The number of hydrogen-bond donors (Lipinski definition) is 3. The lowest BCUT2D eigenvalue weighted by Crippen LogP contribution is -2.06. The summed E-state index contributed by atoms with van der Waals surface area (Å²) in [6, 6.07) is 5.62. The third kappa shape index (κ3) is 5.22. The number of aromatic hydroxyl groups is 3. The number of phenols is 3. The van der Waals surface area contributed by atoms with E-state index in [1.54, 1.807) is 26.8 Å². The summed E-state index contributed by atoms with van der Waals surface area (Å²) in [5, 5.41) is 29.1. The number of rotatable bonds is 2. The van der Waals surface area contributed by atoms with Gasteiger partial charge in [-0.1, -0.05) is 6.92 Å². The third-order valence-corrected chi connectivity index (χ3v) is 5.37. The Morgan fingerprint density at radius 2 is 1.88 bits per heavy atom. The van der Waals surface area contributed by atoms with Crippen molar-refractivity contribution in [3.63, 3.8) is 0 Å². The molecule has 4 rings (SSSR count). The van der Waals surface area contributed by atoms with Gasteiger partial charge in [0.1, 0.15) is 45.3 Å². The Bertz CT molecular complexity index is 1220. The molecule has 1 unspecified atom stereocenters. The van der Waals surface area contributed by atoms with E-state index in [0.29, 0.717) is 47.2 Å². The van der Waals surface area contributed by atoms with Crippen LogP contribution >= 0.6 is 0 Å². The zero-order valence-corrected chi connectivity index (χ0v) is 19.1. The van der Waals surface area contributed by atoms with Gasteiger partial charge in [-0.15, -0.1) is 0 Å². The molecule has 2 aromatic carbocycles. The van der Waals surface area contributed by atoms with Crippen molar-refractivity contribution in [1.82, 2.24) is 0 Å². The average molecular weight is 456 g/mol. The van der Waals surface area contributed by atoms with Gasteiger partial charge in [-0.3, -0.25) is 4.79 Å². The van der Waals surface area contributed by atoms with Gasteiger partial charge in [0.25, 0.3) is 0 Å². The maximum Gasteiger partial charge on any atom is 0.342 e. The minimum atomic E-state index is -0.581. The monoisotopic (exact) mass is 456 g/mol. The highest BCUT2D eigenvalue weighted by Gasteiger charge is 2.22. The summed E-state index contributed by atoms with van der Waals surface area (Å²) < 4.78 is 16.0. The SMILES string of the molecule is CCOC(=O)c1c(C)cc(O)cc1O.Cc1cc(=O)c2c(O)c3c(cc2o1)OCC(C)CC3. The van der Waals surface area contributed by atoms with E-state index in [9.17, 15) is 19.8 Å². The lowest BCUT2D eigenvalue weighted by molar-refractivity contribution is 0.0522. The molecule has 8 nitrogen and oxygen atoms in total. The van der Waals surface area contributed by atoms with Crippen LogP contribution in [0.25, 0.3) is 11.0 Å². The van der Waals surface area contributed by atoms with E-state index < -0.39 is 5.97 Å². The van der Waals surface area contributed by atoms with Crippen LogP contribution in [0.1, 0.15) is 47.5 Å². The Kier molecular flexibility index (Phi) is 7.16. The van der Waals surface area contributed by atoms with Crippen LogP contribution in [0.3, 0.4) is 0 Å². The molecule has 0 saturated heterocycles. The predicted molar refractivity (Wildman–Crippen MR) is 122 cm³/mol. The number of ether oxygens (including phenoxy) is 2. The predicted octanol–water partition coefficient (Wildman–Crippen LogP) is 4.35. The summed E-state index contributed by atoms with van der Waals surface area (Å²) in [7, 11) is 0. The van der Waals surface area contributed by atoms with E-state index in [1.165, 1.54) is 12.1 Å². The number of aryl methyl sites for hydroxylation is 2. The Morgan fingerprint density at radius 3 is 2.55 bits per heavy atom. The molecule has 0 saturated carbocycles. The lowest BCUT2D eigenvalue weighted by Gasteiger charge is -2.11. The van der Waals surface area contributed by atoms with Crippen molar-refractivity contribution in [1.29, 1.82) is 0 Å². The molecule has 0 spiro atoms. The van der Waals surface area contributed by atoms with Gasteiger partial charge >= 0.3 is 5.97 Å². The van der Waals surface area contributed by atoms with Crippen molar-refractivity contribution in [3.05, 3.63) is 56.9 Å². The van der Waals surface area contributed by atoms with E-state index in [4.69, 9.17) is 19.0 Å². The summed E-state index contributed by atoms with van der Waals surface area (Å²) in [6.45, 7) is 7.99. The maximum atomic E-state index is 12.0. The topological polar surface area (TPSA) is 126 Å². The highest BCUT2D eigenvalue weighted by Crippen LogP contribution is 2.38. The molecule has 1 atom stereocenters. The molecule has 0 fully saturated rings. The molecule has 2 heterocycles. The molecule has 0 amide bonds. The van der Waals surface area contributed by atoms with E-state index in [1.807, 2.05) is 0 Å². The van der Waals surface area contributed by atoms with Gasteiger partial charge in [0.2, 0.25) is 0 Å². The smallest absolute Gasteiger partial charge is 0.342 e. The van der Waals surface area contributed by atoms with Crippen molar-refractivity contribution in [2.75, 3.05) is 13.2 Å². The molecule has 0 radical (unpaired) electrons. The van der Waals surface area contributed by atoms with Crippen molar-refractivity contribution in [2.45, 2.75) is 40.5 Å². The molecule has 3 aromatic rings. The van der Waals surface area contributed by atoms with Gasteiger partial charge in [-0.05, 0) is 51.2 Å². The highest BCUT2D eigenvalue weighted by molar-refractivity contribution is 5.94. The number of benzene rings is 2. The number of fused-ring (bicyclic) bond motifs is 2. The number of esters is 1. The lowest BCUT2D eigenvalue weighted by atomic mass is 10.00. The number of phenolic OH excluding ortho intramolecular Hbond substituents is 3. The number of hydrogen-bond acceptors (Lipinski definition) is 8. The van der Waals surface area contributed by atoms with Gasteiger partial charge < -0.3 is 29.2 Å². The summed E-state index contributed by atoms with van der Waals surface area (Å²) in [6.07, 6.45) is 1.65. The van der Waals surface area contributed by atoms with Crippen LogP contribution in [0.5, 0.6) is 23.0 Å². The molecule has 1 aliphatic heterocycles. The second-order valence-electron chi connectivity index (χ2n) is 8.13. The molecule has 33 heavy (non-hydrogen) atoms. The molecule has 176 valence electrons.